The average molecular weight is 511 g/mol. The molecule has 194 valence electrons. The first-order valence-electron chi connectivity index (χ1n) is 12.6. The lowest BCUT2D eigenvalue weighted by Crippen LogP contribution is -2.29. The molecule has 1 unspecified atom stereocenters. The number of carbonyl (C=O) groups is 2. The topological polar surface area (TPSA) is 91.9 Å². The van der Waals surface area contributed by atoms with Crippen molar-refractivity contribution in [1.82, 2.24) is 4.98 Å². The van der Waals surface area contributed by atoms with Crippen LogP contribution in [-0.4, -0.2) is 35.5 Å². The number of aliphatic hydroxyl groups excluding tert-OH is 1. The summed E-state index contributed by atoms with van der Waals surface area (Å²) >= 11 is 0. The lowest BCUT2D eigenvalue weighted by atomic mass is 9.93. The molecule has 0 aliphatic carbocycles. The van der Waals surface area contributed by atoms with Gasteiger partial charge in [0, 0.05) is 33.4 Å². The number of fused-ring (bicyclic) bond motifs is 1. The predicted octanol–water partition coefficient (Wildman–Crippen LogP) is 6.15. The predicted molar refractivity (Wildman–Crippen MR) is 148 cm³/mol. The zero-order valence-corrected chi connectivity index (χ0v) is 21.8. The molecule has 1 amide bonds. The van der Waals surface area contributed by atoms with Gasteiger partial charge in [-0.15, -0.1) is 0 Å². The monoisotopic (exact) mass is 510 g/mol. The number of amides is 1. The number of anilines is 1. The second-order valence-corrected chi connectivity index (χ2v) is 9.81. The van der Waals surface area contributed by atoms with Crippen LogP contribution in [-0.2, 0) is 9.59 Å². The standard InChI is InChI=1S/C31H30N2O5/c1-18(2)17-38-23-9-7-8-20(16-23)29(34)27-28(26-19(3)32-25-11-6-5-10-24(25)26)33(31(36)30(27)35)21-12-14-22(37-4)15-13-21/h5-16,18,28,32,34H,17H2,1-4H3/b29-27+. The number of hydrogen-bond donors (Lipinski definition) is 2. The van der Waals surface area contributed by atoms with E-state index in [4.69, 9.17) is 9.47 Å². The SMILES string of the molecule is COc1ccc(N2C(=O)C(=O)/C(=C(/O)c3cccc(OCC(C)C)c3)C2c2c(C)[nH]c3ccccc23)cc1. The van der Waals surface area contributed by atoms with Gasteiger partial charge in [0.25, 0.3) is 11.7 Å². The van der Waals surface area contributed by atoms with Crippen molar-refractivity contribution in [1.29, 1.82) is 0 Å². The molecule has 1 aromatic heterocycles. The number of benzene rings is 3. The molecule has 7 heteroatoms. The molecule has 5 rings (SSSR count). The number of nitrogens with zero attached hydrogens (tertiary/aromatic N) is 1. The highest BCUT2D eigenvalue weighted by atomic mass is 16.5. The third-order valence-electron chi connectivity index (χ3n) is 6.70. The number of nitrogens with one attached hydrogen (secondary N) is 1. The van der Waals surface area contributed by atoms with Crippen molar-refractivity contribution in [2.24, 2.45) is 5.92 Å². The van der Waals surface area contributed by atoms with Gasteiger partial charge in [-0.3, -0.25) is 14.5 Å². The number of rotatable bonds is 7. The zero-order chi connectivity index (χ0) is 27.0. The van der Waals surface area contributed by atoms with Gasteiger partial charge in [-0.05, 0) is 55.3 Å². The molecule has 4 aromatic rings. The highest BCUT2D eigenvalue weighted by Gasteiger charge is 2.48. The number of H-pyrrole nitrogens is 1. The van der Waals surface area contributed by atoms with Crippen LogP contribution in [0.15, 0.2) is 78.4 Å². The molecule has 0 radical (unpaired) electrons. The molecule has 1 aliphatic rings. The van der Waals surface area contributed by atoms with E-state index in [-0.39, 0.29) is 11.3 Å². The number of ether oxygens (including phenoxy) is 2. The van der Waals surface area contributed by atoms with E-state index < -0.39 is 17.7 Å². The normalized spacial score (nSPS) is 17.0. The second kappa shape index (κ2) is 10.1. The van der Waals surface area contributed by atoms with Gasteiger partial charge in [-0.2, -0.15) is 0 Å². The highest BCUT2D eigenvalue weighted by Crippen LogP contribution is 2.45. The first kappa shape index (κ1) is 25.1. The summed E-state index contributed by atoms with van der Waals surface area (Å²) < 4.78 is 11.1. The lowest BCUT2D eigenvalue weighted by molar-refractivity contribution is -0.132. The summed E-state index contributed by atoms with van der Waals surface area (Å²) in [5.41, 5.74) is 3.39. The van der Waals surface area contributed by atoms with Crippen LogP contribution >= 0.6 is 0 Å². The summed E-state index contributed by atoms with van der Waals surface area (Å²) in [5.74, 6) is -0.175. The van der Waals surface area contributed by atoms with Crippen molar-refractivity contribution >= 4 is 34.0 Å². The molecule has 1 atom stereocenters. The Morgan fingerprint density at radius 1 is 1.00 bits per heavy atom. The minimum atomic E-state index is -0.847. The number of aromatic amines is 1. The molecule has 38 heavy (non-hydrogen) atoms. The molecule has 2 heterocycles. The molecule has 0 saturated carbocycles. The Balaban J connectivity index is 1.72. The third kappa shape index (κ3) is 4.41. The molecule has 0 bridgehead atoms. The van der Waals surface area contributed by atoms with Crippen LogP contribution in [0.4, 0.5) is 5.69 Å². The van der Waals surface area contributed by atoms with E-state index in [1.807, 2.05) is 45.0 Å². The molecular weight excluding hydrogens is 480 g/mol. The molecule has 2 N–H and O–H groups in total. The molecule has 3 aromatic carbocycles. The number of para-hydroxylation sites is 1. The first-order valence-corrected chi connectivity index (χ1v) is 12.6. The van der Waals surface area contributed by atoms with Gasteiger partial charge in [0.1, 0.15) is 17.3 Å². The quantitative estimate of drug-likeness (QED) is 0.177. The number of methoxy groups -OCH3 is 1. The van der Waals surface area contributed by atoms with Crippen LogP contribution in [0.1, 0.15) is 36.7 Å². The summed E-state index contributed by atoms with van der Waals surface area (Å²) in [5, 5.41) is 12.5. The number of Topliss-reactive ketones (excluding diaryl/α,β-unsaturated/α-hetero) is 1. The molecule has 0 spiro atoms. The Bertz CT molecular complexity index is 1550. The van der Waals surface area contributed by atoms with E-state index >= 15 is 0 Å². The van der Waals surface area contributed by atoms with Gasteiger partial charge < -0.3 is 19.6 Å². The van der Waals surface area contributed by atoms with Crippen LogP contribution in [0.2, 0.25) is 0 Å². The maximum absolute atomic E-state index is 13.6. The minimum absolute atomic E-state index is 0.0275. The van der Waals surface area contributed by atoms with Crippen molar-refractivity contribution in [2.45, 2.75) is 26.8 Å². The molecule has 7 nitrogen and oxygen atoms in total. The van der Waals surface area contributed by atoms with E-state index in [2.05, 4.69) is 4.98 Å². The van der Waals surface area contributed by atoms with Crippen LogP contribution in [0.25, 0.3) is 16.7 Å². The smallest absolute Gasteiger partial charge is 0.300 e. The highest BCUT2D eigenvalue weighted by molar-refractivity contribution is 6.52. The van der Waals surface area contributed by atoms with Crippen molar-refractivity contribution in [3.63, 3.8) is 0 Å². The Kier molecular flexibility index (Phi) is 6.68. The molecule has 1 aliphatic heterocycles. The first-order chi connectivity index (χ1) is 18.3. The summed E-state index contributed by atoms with van der Waals surface area (Å²) in [6, 6.07) is 20.8. The Labute approximate surface area is 221 Å². The fourth-order valence-corrected chi connectivity index (χ4v) is 4.92. The van der Waals surface area contributed by atoms with E-state index in [0.717, 1.165) is 22.2 Å². The summed E-state index contributed by atoms with van der Waals surface area (Å²) in [4.78, 5) is 32.0. The van der Waals surface area contributed by atoms with E-state index in [9.17, 15) is 14.7 Å². The third-order valence-corrected chi connectivity index (χ3v) is 6.70. The Morgan fingerprint density at radius 2 is 1.74 bits per heavy atom. The zero-order valence-electron chi connectivity index (χ0n) is 21.8. The number of carbonyl (C=O) groups excluding carboxylic acids is 2. The van der Waals surface area contributed by atoms with Crippen LogP contribution in [0, 0.1) is 12.8 Å². The van der Waals surface area contributed by atoms with Gasteiger partial charge in [0.15, 0.2) is 0 Å². The maximum Gasteiger partial charge on any atom is 0.300 e. The number of aryl methyl sites for hydroxylation is 1. The van der Waals surface area contributed by atoms with Gasteiger partial charge in [0.05, 0.1) is 25.3 Å². The van der Waals surface area contributed by atoms with Crippen LogP contribution in [0.3, 0.4) is 0 Å². The summed E-state index contributed by atoms with van der Waals surface area (Å²) in [7, 11) is 1.57. The fourth-order valence-electron chi connectivity index (χ4n) is 4.92. The van der Waals surface area contributed by atoms with Crippen molar-refractivity contribution < 1.29 is 24.2 Å². The average Bonchev–Trinajstić information content (AvgIpc) is 3.39. The largest absolute Gasteiger partial charge is 0.507 e. The number of ketones is 1. The van der Waals surface area contributed by atoms with E-state index in [1.165, 1.54) is 4.90 Å². The van der Waals surface area contributed by atoms with Gasteiger partial charge in [0.2, 0.25) is 0 Å². The minimum Gasteiger partial charge on any atom is -0.507 e. The van der Waals surface area contributed by atoms with E-state index in [0.29, 0.717) is 35.3 Å². The van der Waals surface area contributed by atoms with Crippen molar-refractivity contribution in [3.05, 3.63) is 95.2 Å². The summed E-state index contributed by atoms with van der Waals surface area (Å²) in [6.07, 6.45) is 0. The van der Waals surface area contributed by atoms with Crippen molar-refractivity contribution in [3.8, 4) is 11.5 Å². The molecule has 1 saturated heterocycles. The lowest BCUT2D eigenvalue weighted by Gasteiger charge is -2.26. The van der Waals surface area contributed by atoms with Crippen LogP contribution in [0.5, 0.6) is 11.5 Å². The van der Waals surface area contributed by atoms with E-state index in [1.54, 1.807) is 55.6 Å². The second-order valence-electron chi connectivity index (χ2n) is 9.81. The van der Waals surface area contributed by atoms with Gasteiger partial charge >= 0.3 is 0 Å². The van der Waals surface area contributed by atoms with Gasteiger partial charge in [-0.25, -0.2) is 0 Å². The Hall–Kier alpha value is -4.52. The van der Waals surface area contributed by atoms with Gasteiger partial charge in [-0.1, -0.05) is 44.2 Å². The molecular formula is C31H30N2O5. The molecule has 1 fully saturated rings. The number of aliphatic hydroxyl groups is 1. The maximum atomic E-state index is 13.6. The van der Waals surface area contributed by atoms with Crippen LogP contribution < -0.4 is 14.4 Å². The fraction of sp³-hybridized carbons (Fsp3) is 0.226. The number of aromatic nitrogens is 1. The van der Waals surface area contributed by atoms with Crippen molar-refractivity contribution in [2.75, 3.05) is 18.6 Å². The Morgan fingerprint density at radius 3 is 2.45 bits per heavy atom. The summed E-state index contributed by atoms with van der Waals surface area (Å²) in [6.45, 7) is 6.52. The number of hydrogen-bond acceptors (Lipinski definition) is 5.